The number of benzene rings is 3. The van der Waals surface area contributed by atoms with Gasteiger partial charge < -0.3 is 14.8 Å². The molecule has 0 heterocycles. The molecule has 4 nitrogen and oxygen atoms in total. The lowest BCUT2D eigenvalue weighted by Gasteiger charge is -2.10. The largest absolute Gasteiger partial charge is 0.489 e. The van der Waals surface area contributed by atoms with Gasteiger partial charge in [0.2, 0.25) is 5.91 Å². The lowest BCUT2D eigenvalue weighted by Crippen LogP contribution is -2.09. The van der Waals surface area contributed by atoms with E-state index in [0.717, 1.165) is 28.3 Å². The van der Waals surface area contributed by atoms with E-state index in [-0.39, 0.29) is 5.91 Å². The minimum absolute atomic E-state index is 0.00794. The Labute approximate surface area is 159 Å². The van der Waals surface area contributed by atoms with Gasteiger partial charge in [0.05, 0.1) is 0 Å². The molecule has 0 radical (unpaired) electrons. The summed E-state index contributed by atoms with van der Waals surface area (Å²) in [4.78, 5) is 11.4. The minimum Gasteiger partial charge on any atom is -0.489 e. The van der Waals surface area contributed by atoms with E-state index < -0.39 is 0 Å². The Balaban J connectivity index is 1.47. The molecule has 0 saturated heterocycles. The van der Waals surface area contributed by atoms with Gasteiger partial charge >= 0.3 is 0 Å². The molecule has 0 atom stereocenters. The van der Waals surface area contributed by atoms with Crippen molar-refractivity contribution in [3.63, 3.8) is 0 Å². The van der Waals surface area contributed by atoms with Crippen LogP contribution in [0.5, 0.6) is 11.5 Å². The van der Waals surface area contributed by atoms with Crippen molar-refractivity contribution in [3.8, 4) is 11.5 Å². The van der Waals surface area contributed by atoms with Crippen molar-refractivity contribution in [1.29, 1.82) is 0 Å². The van der Waals surface area contributed by atoms with Gasteiger partial charge in [-0.25, -0.2) is 0 Å². The zero-order chi connectivity index (χ0) is 18.9. The first-order valence-corrected chi connectivity index (χ1v) is 9.01. The van der Waals surface area contributed by atoms with Crippen LogP contribution in [0.1, 0.15) is 24.5 Å². The Hall–Kier alpha value is -3.27. The van der Waals surface area contributed by atoms with Crippen molar-refractivity contribution in [2.75, 3.05) is 5.32 Å². The lowest BCUT2D eigenvalue weighted by molar-refractivity contribution is -0.115. The lowest BCUT2D eigenvalue weighted by atomic mass is 10.2. The number of ether oxygens (including phenoxy) is 2. The topological polar surface area (TPSA) is 47.6 Å². The van der Waals surface area contributed by atoms with Crippen LogP contribution in [0.15, 0.2) is 78.9 Å². The summed E-state index contributed by atoms with van der Waals surface area (Å²) in [6, 6.07) is 25.3. The van der Waals surface area contributed by atoms with Gasteiger partial charge in [-0.15, -0.1) is 0 Å². The fraction of sp³-hybridized carbons (Fsp3) is 0.174. The standard InChI is InChI=1S/C23H23NO3/c1-2-23(25)24-20-10-8-19(9-11-20)17-27-22-14-12-21(13-15-22)26-16-18-6-4-3-5-7-18/h3-15H,2,16-17H2,1H3,(H,24,25). The highest BCUT2D eigenvalue weighted by atomic mass is 16.5. The van der Waals surface area contributed by atoms with Gasteiger partial charge in [-0.3, -0.25) is 4.79 Å². The van der Waals surface area contributed by atoms with Crippen LogP contribution in [0.2, 0.25) is 0 Å². The number of rotatable bonds is 8. The van der Waals surface area contributed by atoms with E-state index in [1.54, 1.807) is 0 Å². The molecule has 138 valence electrons. The number of nitrogens with one attached hydrogen (secondary N) is 1. The molecule has 27 heavy (non-hydrogen) atoms. The van der Waals surface area contributed by atoms with E-state index >= 15 is 0 Å². The zero-order valence-corrected chi connectivity index (χ0v) is 15.4. The summed E-state index contributed by atoms with van der Waals surface area (Å²) in [5.41, 5.74) is 2.97. The van der Waals surface area contributed by atoms with E-state index in [1.807, 2.05) is 85.8 Å². The number of hydrogen-bond donors (Lipinski definition) is 1. The Morgan fingerprint density at radius 2 is 1.26 bits per heavy atom. The summed E-state index contributed by atoms with van der Waals surface area (Å²) in [6.07, 6.45) is 0.468. The average Bonchev–Trinajstić information content (AvgIpc) is 2.73. The maximum Gasteiger partial charge on any atom is 0.224 e. The third-order valence-electron chi connectivity index (χ3n) is 4.04. The number of carbonyl (C=O) groups excluding carboxylic acids is 1. The van der Waals surface area contributed by atoms with Crippen molar-refractivity contribution in [2.24, 2.45) is 0 Å². The molecule has 0 aliphatic heterocycles. The Kier molecular flexibility index (Phi) is 6.47. The first-order valence-electron chi connectivity index (χ1n) is 9.01. The second kappa shape index (κ2) is 9.43. The predicted octanol–water partition coefficient (Wildman–Crippen LogP) is 5.19. The van der Waals surface area contributed by atoms with Crippen molar-refractivity contribution < 1.29 is 14.3 Å². The maximum atomic E-state index is 11.4. The Morgan fingerprint density at radius 1 is 0.741 bits per heavy atom. The predicted molar refractivity (Wildman–Crippen MR) is 107 cm³/mol. The number of amides is 1. The summed E-state index contributed by atoms with van der Waals surface area (Å²) in [7, 11) is 0. The van der Waals surface area contributed by atoms with Gasteiger partial charge in [-0.05, 0) is 47.5 Å². The number of anilines is 1. The van der Waals surface area contributed by atoms with E-state index in [2.05, 4.69) is 5.32 Å². The van der Waals surface area contributed by atoms with Crippen LogP contribution in [-0.2, 0) is 18.0 Å². The molecule has 0 aliphatic rings. The molecule has 0 aromatic heterocycles. The normalized spacial score (nSPS) is 10.3. The summed E-state index contributed by atoms with van der Waals surface area (Å²) >= 11 is 0. The number of hydrogen-bond acceptors (Lipinski definition) is 3. The summed E-state index contributed by atoms with van der Waals surface area (Å²) < 4.78 is 11.6. The minimum atomic E-state index is 0.00794. The van der Waals surface area contributed by atoms with Crippen molar-refractivity contribution in [3.05, 3.63) is 90.0 Å². The number of carbonyl (C=O) groups is 1. The van der Waals surface area contributed by atoms with Gasteiger partial charge in [-0.2, -0.15) is 0 Å². The second-order valence-electron chi connectivity index (χ2n) is 6.13. The zero-order valence-electron chi connectivity index (χ0n) is 15.4. The molecule has 0 fully saturated rings. The maximum absolute atomic E-state index is 11.4. The fourth-order valence-corrected chi connectivity index (χ4v) is 2.47. The molecule has 1 N–H and O–H groups in total. The van der Waals surface area contributed by atoms with Gasteiger partial charge in [0.1, 0.15) is 24.7 Å². The summed E-state index contributed by atoms with van der Waals surface area (Å²) in [5.74, 6) is 1.60. The molecular weight excluding hydrogens is 338 g/mol. The monoisotopic (exact) mass is 361 g/mol. The van der Waals surface area contributed by atoms with Crippen molar-refractivity contribution >= 4 is 11.6 Å². The molecule has 1 amide bonds. The molecule has 0 saturated carbocycles. The van der Waals surface area contributed by atoms with Crippen LogP contribution >= 0.6 is 0 Å². The quantitative estimate of drug-likeness (QED) is 0.600. The third-order valence-corrected chi connectivity index (χ3v) is 4.04. The molecule has 3 aromatic carbocycles. The van der Waals surface area contributed by atoms with Crippen LogP contribution in [0, 0.1) is 0 Å². The SMILES string of the molecule is CCC(=O)Nc1ccc(COc2ccc(OCc3ccccc3)cc2)cc1. The van der Waals surface area contributed by atoms with E-state index in [4.69, 9.17) is 9.47 Å². The van der Waals surface area contributed by atoms with Crippen LogP contribution in [0.4, 0.5) is 5.69 Å². The van der Waals surface area contributed by atoms with E-state index in [0.29, 0.717) is 19.6 Å². The van der Waals surface area contributed by atoms with Crippen molar-refractivity contribution in [2.45, 2.75) is 26.6 Å². The highest BCUT2D eigenvalue weighted by Crippen LogP contribution is 2.20. The van der Waals surface area contributed by atoms with Gasteiger partial charge in [-0.1, -0.05) is 49.4 Å². The van der Waals surface area contributed by atoms with E-state index in [1.165, 1.54) is 0 Å². The summed E-state index contributed by atoms with van der Waals surface area (Å²) in [6.45, 7) is 2.84. The van der Waals surface area contributed by atoms with Crippen molar-refractivity contribution in [1.82, 2.24) is 0 Å². The molecule has 0 bridgehead atoms. The smallest absolute Gasteiger partial charge is 0.224 e. The van der Waals surface area contributed by atoms with E-state index in [9.17, 15) is 4.79 Å². The fourth-order valence-electron chi connectivity index (χ4n) is 2.47. The van der Waals surface area contributed by atoms with Crippen LogP contribution < -0.4 is 14.8 Å². The molecule has 3 rings (SSSR count). The van der Waals surface area contributed by atoms with Gasteiger partial charge in [0, 0.05) is 12.1 Å². The Bertz CT molecular complexity index is 843. The molecular formula is C23H23NO3. The van der Waals surface area contributed by atoms with Gasteiger partial charge in [0.15, 0.2) is 0 Å². The molecule has 3 aromatic rings. The summed E-state index contributed by atoms with van der Waals surface area (Å²) in [5, 5.41) is 2.83. The Morgan fingerprint density at radius 3 is 1.78 bits per heavy atom. The molecule has 0 unspecified atom stereocenters. The third kappa shape index (κ3) is 5.89. The van der Waals surface area contributed by atoms with Gasteiger partial charge in [0.25, 0.3) is 0 Å². The van der Waals surface area contributed by atoms with Crippen LogP contribution in [0.3, 0.4) is 0 Å². The first kappa shape index (κ1) is 18.5. The molecule has 0 aliphatic carbocycles. The highest BCUT2D eigenvalue weighted by molar-refractivity contribution is 5.90. The van der Waals surface area contributed by atoms with Crippen LogP contribution in [0.25, 0.3) is 0 Å². The first-order chi connectivity index (χ1) is 13.2. The average molecular weight is 361 g/mol. The molecule has 4 heteroatoms. The molecule has 0 spiro atoms. The highest BCUT2D eigenvalue weighted by Gasteiger charge is 2.01. The second-order valence-corrected chi connectivity index (χ2v) is 6.13. The van der Waals surface area contributed by atoms with Crippen LogP contribution in [-0.4, -0.2) is 5.91 Å².